The van der Waals surface area contributed by atoms with Gasteiger partial charge in [-0.2, -0.15) is 8.78 Å². The van der Waals surface area contributed by atoms with Crippen molar-refractivity contribution in [2.75, 3.05) is 21.3 Å². The molecule has 1 aromatic heterocycles. The van der Waals surface area contributed by atoms with Crippen molar-refractivity contribution in [1.29, 1.82) is 0 Å². The van der Waals surface area contributed by atoms with Crippen LogP contribution in [0.4, 0.5) is 17.6 Å². The minimum Gasteiger partial charge on any atom is -0.494 e. The molecule has 1 heterocycles. The van der Waals surface area contributed by atoms with Crippen LogP contribution in [0.2, 0.25) is 0 Å². The third kappa shape index (κ3) is 5.93. The lowest BCUT2D eigenvalue weighted by Crippen LogP contribution is -2.05. The molecule has 0 aliphatic carbocycles. The molecule has 0 saturated heterocycles. The normalized spacial score (nSPS) is 10.5. The number of benzene rings is 2. The maximum absolute atomic E-state index is 13.4. The van der Waals surface area contributed by atoms with Gasteiger partial charge in [0.1, 0.15) is 23.0 Å². The molecule has 1 N–H and O–H groups in total. The highest BCUT2D eigenvalue weighted by Crippen LogP contribution is 2.40. The van der Waals surface area contributed by atoms with E-state index in [9.17, 15) is 17.6 Å². The van der Waals surface area contributed by atoms with Crippen molar-refractivity contribution < 1.29 is 27.0 Å². The molecule has 4 nitrogen and oxygen atoms in total. The first-order chi connectivity index (χ1) is 14.5. The zero-order valence-corrected chi connectivity index (χ0v) is 17.5. The summed E-state index contributed by atoms with van der Waals surface area (Å²) >= 11 is 1.32. The highest BCUT2D eigenvalue weighted by atomic mass is 32.2. The lowest BCUT2D eigenvalue weighted by atomic mass is 10.1. The van der Waals surface area contributed by atoms with Gasteiger partial charge in [0.25, 0.3) is 0 Å². The van der Waals surface area contributed by atoms with Crippen molar-refractivity contribution in [2.24, 2.45) is 0 Å². The van der Waals surface area contributed by atoms with Crippen LogP contribution in [0, 0.1) is 5.82 Å². The van der Waals surface area contributed by atoms with Gasteiger partial charge >= 0.3 is 6.61 Å². The minimum absolute atomic E-state index is 0.0814. The number of halogens is 4. The van der Waals surface area contributed by atoms with E-state index in [1.807, 2.05) is 17.2 Å². The SMILES string of the molecule is CF.CNCc1cn(Sc2cccc(OC(F)F)c2)c(-c2ccc(F)cc2)c1OC. The Morgan fingerprint density at radius 1 is 1.10 bits per heavy atom. The van der Waals surface area contributed by atoms with Crippen LogP contribution in [0.5, 0.6) is 11.5 Å². The lowest BCUT2D eigenvalue weighted by molar-refractivity contribution is -0.0499. The summed E-state index contributed by atoms with van der Waals surface area (Å²) in [4.78, 5) is 0.704. The zero-order chi connectivity index (χ0) is 22.1. The Morgan fingerprint density at radius 2 is 1.80 bits per heavy atom. The van der Waals surface area contributed by atoms with Crippen molar-refractivity contribution in [3.63, 3.8) is 0 Å². The van der Waals surface area contributed by atoms with Crippen LogP contribution in [0.15, 0.2) is 59.6 Å². The van der Waals surface area contributed by atoms with Crippen LogP contribution < -0.4 is 14.8 Å². The molecule has 0 fully saturated rings. The molecule has 0 amide bonds. The van der Waals surface area contributed by atoms with Crippen LogP contribution >= 0.6 is 11.9 Å². The van der Waals surface area contributed by atoms with Crippen molar-refractivity contribution in [1.82, 2.24) is 9.29 Å². The maximum atomic E-state index is 13.4. The molecule has 30 heavy (non-hydrogen) atoms. The van der Waals surface area contributed by atoms with Gasteiger partial charge in [0.15, 0.2) is 0 Å². The summed E-state index contributed by atoms with van der Waals surface area (Å²) in [7, 11) is 3.90. The Bertz CT molecular complexity index is 933. The standard InChI is InChI=1S/C20H19F3N2O2S.CH3F/c1-24-11-14-12-25(28-17-5-3-4-16(10-17)27-20(22)23)18(19(14)26-2)13-6-8-15(21)9-7-13;1-2/h3-10,12,20,24H,11H2,1-2H3;1H3. The number of hydrogen-bond donors (Lipinski definition) is 1. The molecule has 0 aliphatic rings. The first-order valence-corrected chi connectivity index (χ1v) is 9.59. The predicted molar refractivity (Wildman–Crippen MR) is 111 cm³/mol. The Labute approximate surface area is 176 Å². The number of rotatable bonds is 8. The molecule has 0 bridgehead atoms. The molecule has 3 aromatic rings. The van der Waals surface area contributed by atoms with E-state index >= 15 is 0 Å². The summed E-state index contributed by atoms with van der Waals surface area (Å²) in [6.45, 7) is -2.32. The maximum Gasteiger partial charge on any atom is 0.387 e. The lowest BCUT2D eigenvalue weighted by Gasteiger charge is -2.12. The summed E-state index contributed by atoms with van der Waals surface area (Å²) in [5.41, 5.74) is 2.43. The molecule has 9 heteroatoms. The average molecular weight is 442 g/mol. The van der Waals surface area contributed by atoms with Crippen LogP contribution in [0.3, 0.4) is 0 Å². The van der Waals surface area contributed by atoms with Crippen LogP contribution in [0.1, 0.15) is 5.56 Å². The van der Waals surface area contributed by atoms with Crippen molar-refractivity contribution in [3.05, 3.63) is 66.1 Å². The second-order valence-corrected chi connectivity index (χ2v) is 6.89. The van der Waals surface area contributed by atoms with E-state index in [-0.39, 0.29) is 11.6 Å². The molecule has 0 spiro atoms. The van der Waals surface area contributed by atoms with Crippen LogP contribution in [-0.4, -0.2) is 31.9 Å². The van der Waals surface area contributed by atoms with Crippen molar-refractivity contribution in [3.8, 4) is 22.8 Å². The van der Waals surface area contributed by atoms with Gasteiger partial charge in [0, 0.05) is 28.8 Å². The van der Waals surface area contributed by atoms with E-state index in [1.165, 1.54) is 36.2 Å². The Morgan fingerprint density at radius 3 is 2.40 bits per heavy atom. The Hall–Kier alpha value is -2.65. The van der Waals surface area contributed by atoms with Crippen LogP contribution in [-0.2, 0) is 6.54 Å². The highest BCUT2D eigenvalue weighted by molar-refractivity contribution is 7.98. The van der Waals surface area contributed by atoms with Crippen molar-refractivity contribution in [2.45, 2.75) is 18.1 Å². The summed E-state index contributed by atoms with van der Waals surface area (Å²) in [5, 5.41) is 3.09. The van der Waals surface area contributed by atoms with E-state index < -0.39 is 6.61 Å². The molecule has 0 radical (unpaired) electrons. The van der Waals surface area contributed by atoms with Gasteiger partial charge in [-0.15, -0.1) is 0 Å². The van der Waals surface area contributed by atoms with E-state index in [1.54, 1.807) is 31.4 Å². The molecule has 0 saturated carbocycles. The van der Waals surface area contributed by atoms with Crippen LogP contribution in [0.25, 0.3) is 11.3 Å². The smallest absolute Gasteiger partial charge is 0.387 e. The van der Waals surface area contributed by atoms with Gasteiger partial charge in [-0.05, 0) is 61.5 Å². The predicted octanol–water partition coefficient (Wildman–Crippen LogP) is 5.76. The van der Waals surface area contributed by atoms with Gasteiger partial charge in [0.2, 0.25) is 0 Å². The molecule has 0 unspecified atom stereocenters. The van der Waals surface area contributed by atoms with Gasteiger partial charge < -0.3 is 14.8 Å². The number of aromatic nitrogens is 1. The summed E-state index contributed by atoms with van der Waals surface area (Å²) in [6, 6.07) is 12.6. The molecular weight excluding hydrogens is 420 g/mol. The monoisotopic (exact) mass is 442 g/mol. The Kier molecular flexibility index (Phi) is 9.07. The number of ether oxygens (including phenoxy) is 2. The molecular formula is C21H22F4N2O2S. The van der Waals surface area contributed by atoms with Gasteiger partial charge in [-0.1, -0.05) is 6.07 Å². The van der Waals surface area contributed by atoms with E-state index in [0.29, 0.717) is 24.4 Å². The summed E-state index contributed by atoms with van der Waals surface area (Å²) in [6.07, 6.45) is 1.90. The molecule has 3 rings (SSSR count). The zero-order valence-electron chi connectivity index (χ0n) is 16.7. The first kappa shape index (κ1) is 23.6. The number of alkyl halides is 3. The molecule has 0 atom stereocenters. The van der Waals surface area contributed by atoms with Crippen molar-refractivity contribution >= 4 is 11.9 Å². The minimum atomic E-state index is -2.89. The van der Waals surface area contributed by atoms with Gasteiger partial charge in [-0.25, -0.2) is 4.39 Å². The number of methoxy groups -OCH3 is 1. The fourth-order valence-corrected chi connectivity index (χ4v) is 3.81. The number of nitrogens with zero attached hydrogens (tertiary/aromatic N) is 1. The number of nitrogens with one attached hydrogen (secondary N) is 1. The fraction of sp³-hybridized carbons (Fsp3) is 0.238. The second-order valence-electron chi connectivity index (χ2n) is 5.84. The van der Waals surface area contributed by atoms with E-state index in [0.717, 1.165) is 16.8 Å². The second kappa shape index (κ2) is 11.5. The van der Waals surface area contributed by atoms with E-state index in [2.05, 4.69) is 10.1 Å². The Balaban J connectivity index is 0.00000155. The summed E-state index contributed by atoms with van der Waals surface area (Å²) in [5.74, 6) is 0.409. The van der Waals surface area contributed by atoms with E-state index in [4.69, 9.17) is 4.74 Å². The number of hydrogen-bond acceptors (Lipinski definition) is 4. The van der Waals surface area contributed by atoms with Gasteiger partial charge in [0.05, 0.1) is 14.3 Å². The third-order valence-corrected chi connectivity index (χ3v) is 4.87. The first-order valence-electron chi connectivity index (χ1n) is 8.81. The average Bonchev–Trinajstić information content (AvgIpc) is 3.07. The summed E-state index contributed by atoms with van der Waals surface area (Å²) < 4.78 is 59.8. The third-order valence-electron chi connectivity index (χ3n) is 3.92. The molecule has 162 valence electrons. The van der Waals surface area contributed by atoms with Gasteiger partial charge in [-0.3, -0.25) is 8.36 Å². The highest BCUT2D eigenvalue weighted by Gasteiger charge is 2.19. The topological polar surface area (TPSA) is 35.4 Å². The molecule has 2 aromatic carbocycles. The fourth-order valence-electron chi connectivity index (χ4n) is 2.82. The largest absolute Gasteiger partial charge is 0.494 e. The quantitative estimate of drug-likeness (QED) is 0.450. The molecule has 0 aliphatic heterocycles.